The second kappa shape index (κ2) is 9.24. The molecule has 1 saturated carbocycles. The Balaban J connectivity index is 1.18. The molecule has 0 bridgehead atoms. The summed E-state index contributed by atoms with van der Waals surface area (Å²) < 4.78 is 11.1. The summed E-state index contributed by atoms with van der Waals surface area (Å²) in [7, 11) is 0. The number of rotatable bonds is 5. The van der Waals surface area contributed by atoms with E-state index in [0.717, 1.165) is 75.8 Å². The van der Waals surface area contributed by atoms with Crippen LogP contribution in [-0.2, 0) is 20.7 Å². The van der Waals surface area contributed by atoms with Crippen molar-refractivity contribution in [2.24, 2.45) is 11.3 Å². The fourth-order valence-corrected chi connectivity index (χ4v) is 6.55. The van der Waals surface area contributed by atoms with Gasteiger partial charge in [0.05, 0.1) is 24.9 Å². The first kappa shape index (κ1) is 24.1. The lowest BCUT2D eigenvalue weighted by Crippen LogP contribution is -2.60. The highest BCUT2D eigenvalue weighted by atomic mass is 16.5. The molecule has 6 rings (SSSR count). The van der Waals surface area contributed by atoms with Crippen LogP contribution in [0.2, 0.25) is 0 Å². The summed E-state index contributed by atoms with van der Waals surface area (Å²) in [6, 6.07) is 6.51. The Morgan fingerprint density at radius 2 is 1.92 bits per heavy atom. The lowest BCUT2D eigenvalue weighted by molar-refractivity contribution is -0.118. The predicted octanol–water partition coefficient (Wildman–Crippen LogP) is 2.82. The van der Waals surface area contributed by atoms with Gasteiger partial charge in [-0.3, -0.25) is 9.69 Å². The summed E-state index contributed by atoms with van der Waals surface area (Å²) in [5, 5.41) is 15.7. The Kier molecular flexibility index (Phi) is 6.19. The SMILES string of the molecule is CCc1cc2cnc(NC(=O)C3CC34CCOCC4)cc2cc1N1CCN([C@@]2(C)COC[C@H]2O)CC1. The maximum atomic E-state index is 13.0. The van der Waals surface area contributed by atoms with E-state index in [1.807, 2.05) is 12.3 Å². The van der Waals surface area contributed by atoms with Crippen LogP contribution in [0.3, 0.4) is 0 Å². The number of pyridine rings is 1. The van der Waals surface area contributed by atoms with E-state index in [1.165, 1.54) is 11.3 Å². The van der Waals surface area contributed by atoms with E-state index in [4.69, 9.17) is 9.47 Å². The lowest BCUT2D eigenvalue weighted by Gasteiger charge is -2.45. The minimum atomic E-state index is -0.436. The van der Waals surface area contributed by atoms with Crippen LogP contribution >= 0.6 is 0 Å². The molecule has 0 radical (unpaired) electrons. The number of amides is 1. The molecule has 2 aromatic rings. The largest absolute Gasteiger partial charge is 0.389 e. The molecule has 1 aromatic heterocycles. The molecule has 194 valence electrons. The zero-order valence-corrected chi connectivity index (χ0v) is 21.5. The van der Waals surface area contributed by atoms with E-state index < -0.39 is 6.10 Å². The number of carbonyl (C=O) groups is 1. The van der Waals surface area contributed by atoms with Gasteiger partial charge in [-0.25, -0.2) is 4.98 Å². The average Bonchev–Trinajstić information content (AvgIpc) is 3.48. The molecule has 1 aromatic carbocycles. The van der Waals surface area contributed by atoms with Crippen LogP contribution in [-0.4, -0.2) is 85.1 Å². The van der Waals surface area contributed by atoms with Crippen LogP contribution in [0.5, 0.6) is 0 Å². The van der Waals surface area contributed by atoms with Crippen molar-refractivity contribution < 1.29 is 19.4 Å². The van der Waals surface area contributed by atoms with Crippen LogP contribution in [0.15, 0.2) is 24.4 Å². The van der Waals surface area contributed by atoms with Gasteiger partial charge in [0, 0.05) is 62.6 Å². The van der Waals surface area contributed by atoms with Gasteiger partial charge in [0.1, 0.15) is 5.82 Å². The number of ether oxygens (including phenoxy) is 2. The minimum Gasteiger partial charge on any atom is -0.389 e. The molecular formula is C28H38N4O4. The molecule has 3 aliphatic heterocycles. The third-order valence-corrected chi connectivity index (χ3v) is 9.28. The molecule has 3 saturated heterocycles. The minimum absolute atomic E-state index is 0.0823. The van der Waals surface area contributed by atoms with Gasteiger partial charge < -0.3 is 24.8 Å². The van der Waals surface area contributed by atoms with E-state index >= 15 is 0 Å². The monoisotopic (exact) mass is 494 g/mol. The molecule has 2 N–H and O–H groups in total. The van der Waals surface area contributed by atoms with Gasteiger partial charge in [0.15, 0.2) is 0 Å². The van der Waals surface area contributed by atoms with E-state index in [9.17, 15) is 9.90 Å². The Hall–Kier alpha value is -2.26. The lowest BCUT2D eigenvalue weighted by atomic mass is 9.93. The third kappa shape index (κ3) is 4.18. The normalized spacial score (nSPS) is 30.1. The van der Waals surface area contributed by atoms with Gasteiger partial charge in [-0.1, -0.05) is 6.92 Å². The molecule has 1 spiro atoms. The molecule has 8 heteroatoms. The molecule has 36 heavy (non-hydrogen) atoms. The van der Waals surface area contributed by atoms with Crippen LogP contribution in [0.4, 0.5) is 11.5 Å². The molecule has 4 fully saturated rings. The summed E-state index contributed by atoms with van der Waals surface area (Å²) in [5.41, 5.74) is 2.42. The predicted molar refractivity (Wildman–Crippen MR) is 139 cm³/mol. The number of hydrogen-bond acceptors (Lipinski definition) is 7. The van der Waals surface area contributed by atoms with Crippen molar-refractivity contribution in [3.63, 3.8) is 0 Å². The van der Waals surface area contributed by atoms with Gasteiger partial charge in [-0.05, 0) is 67.2 Å². The fraction of sp³-hybridized carbons (Fsp3) is 0.643. The molecule has 4 heterocycles. The Bertz CT molecular complexity index is 1140. The molecular weight excluding hydrogens is 456 g/mol. The third-order valence-electron chi connectivity index (χ3n) is 9.28. The van der Waals surface area contributed by atoms with Gasteiger partial charge in [0.2, 0.25) is 5.91 Å². The van der Waals surface area contributed by atoms with Gasteiger partial charge in [-0.15, -0.1) is 0 Å². The number of carbonyl (C=O) groups excluding carboxylic acids is 1. The van der Waals surface area contributed by atoms with E-state index in [0.29, 0.717) is 19.0 Å². The number of nitrogens with zero attached hydrogens (tertiary/aromatic N) is 3. The van der Waals surface area contributed by atoms with Crippen LogP contribution < -0.4 is 10.2 Å². The zero-order valence-electron chi connectivity index (χ0n) is 21.5. The fourth-order valence-electron chi connectivity index (χ4n) is 6.55. The first-order valence-electron chi connectivity index (χ1n) is 13.5. The number of hydrogen-bond donors (Lipinski definition) is 2. The molecule has 1 amide bonds. The number of aryl methyl sites for hydroxylation is 1. The standard InChI is InChI=1S/C28H38N4O4/c1-3-19-12-21-16-29-25(30-26(34)22-15-28(22)4-10-35-11-5-28)14-20(21)13-23(19)31-6-8-32(9-7-31)27(2)18-36-17-24(27)33/h12-14,16,22,24,33H,3-11,15,17-18H2,1-2H3,(H,29,30,34)/t22?,24-,27+/m1/s1. The molecule has 4 aliphatic rings. The summed E-state index contributed by atoms with van der Waals surface area (Å²) in [5.74, 6) is 0.806. The van der Waals surface area contributed by atoms with Crippen molar-refractivity contribution in [1.29, 1.82) is 0 Å². The van der Waals surface area contributed by atoms with Gasteiger partial charge in [-0.2, -0.15) is 0 Å². The number of nitrogens with one attached hydrogen (secondary N) is 1. The molecule has 8 nitrogen and oxygen atoms in total. The Morgan fingerprint density at radius 3 is 2.61 bits per heavy atom. The Morgan fingerprint density at radius 1 is 1.14 bits per heavy atom. The number of aliphatic hydroxyl groups is 1. The highest BCUT2D eigenvalue weighted by molar-refractivity contribution is 5.97. The number of fused-ring (bicyclic) bond motifs is 1. The van der Waals surface area contributed by atoms with E-state index in [-0.39, 0.29) is 22.8 Å². The number of aliphatic hydroxyl groups excluding tert-OH is 1. The van der Waals surface area contributed by atoms with Crippen molar-refractivity contribution >= 4 is 28.2 Å². The van der Waals surface area contributed by atoms with Crippen LogP contribution in [0, 0.1) is 11.3 Å². The number of piperazine rings is 1. The second-order valence-electron chi connectivity index (χ2n) is 11.3. The van der Waals surface area contributed by atoms with Gasteiger partial charge >= 0.3 is 0 Å². The number of benzene rings is 1. The zero-order chi connectivity index (χ0) is 24.9. The van der Waals surface area contributed by atoms with Crippen molar-refractivity contribution in [3.8, 4) is 0 Å². The first-order chi connectivity index (χ1) is 17.4. The molecule has 1 unspecified atom stereocenters. The summed E-state index contributed by atoms with van der Waals surface area (Å²) in [6.07, 6.45) is 5.32. The van der Waals surface area contributed by atoms with Crippen molar-refractivity contribution in [2.45, 2.75) is 51.2 Å². The summed E-state index contributed by atoms with van der Waals surface area (Å²) in [4.78, 5) is 22.4. The number of anilines is 2. The van der Waals surface area contributed by atoms with Crippen molar-refractivity contribution in [2.75, 3.05) is 62.8 Å². The van der Waals surface area contributed by atoms with E-state index in [2.05, 4.69) is 46.1 Å². The quantitative estimate of drug-likeness (QED) is 0.661. The topological polar surface area (TPSA) is 87.2 Å². The van der Waals surface area contributed by atoms with Crippen molar-refractivity contribution in [3.05, 3.63) is 30.0 Å². The smallest absolute Gasteiger partial charge is 0.229 e. The van der Waals surface area contributed by atoms with Crippen molar-refractivity contribution in [1.82, 2.24) is 9.88 Å². The summed E-state index contributed by atoms with van der Waals surface area (Å²) >= 11 is 0. The highest BCUT2D eigenvalue weighted by Crippen LogP contribution is 2.59. The molecule has 3 atom stereocenters. The highest BCUT2D eigenvalue weighted by Gasteiger charge is 2.58. The first-order valence-corrected chi connectivity index (χ1v) is 13.5. The van der Waals surface area contributed by atoms with Crippen LogP contribution in [0.1, 0.15) is 38.7 Å². The average molecular weight is 495 g/mol. The second-order valence-corrected chi connectivity index (χ2v) is 11.3. The molecule has 1 aliphatic carbocycles. The Labute approximate surface area is 212 Å². The van der Waals surface area contributed by atoms with Gasteiger partial charge in [0.25, 0.3) is 0 Å². The maximum absolute atomic E-state index is 13.0. The van der Waals surface area contributed by atoms with E-state index in [1.54, 1.807) is 0 Å². The number of aromatic nitrogens is 1. The summed E-state index contributed by atoms with van der Waals surface area (Å²) in [6.45, 7) is 10.4. The van der Waals surface area contributed by atoms with Crippen LogP contribution in [0.25, 0.3) is 10.8 Å². The maximum Gasteiger partial charge on any atom is 0.229 e.